The summed E-state index contributed by atoms with van der Waals surface area (Å²) in [5.41, 5.74) is 5.75. The second-order valence-corrected chi connectivity index (χ2v) is 5.09. The summed E-state index contributed by atoms with van der Waals surface area (Å²) in [5.74, 6) is -1.49. The first-order valence-electron chi connectivity index (χ1n) is 6.85. The minimum Gasteiger partial charge on any atom is -0.481 e. The third kappa shape index (κ3) is 4.29. The van der Waals surface area contributed by atoms with Gasteiger partial charge in [0.15, 0.2) is 0 Å². The molecule has 0 bridgehead atoms. The van der Waals surface area contributed by atoms with E-state index >= 15 is 0 Å². The molecule has 0 aromatic heterocycles. The number of nitrogens with one attached hydrogen (secondary N) is 1. The lowest BCUT2D eigenvalue weighted by molar-refractivity contribution is -0.143. The van der Waals surface area contributed by atoms with Crippen molar-refractivity contribution in [2.45, 2.75) is 64.0 Å². The summed E-state index contributed by atoms with van der Waals surface area (Å²) in [5, 5.41) is 12.0. The molecule has 5 heteroatoms. The molecule has 5 nitrogen and oxygen atoms in total. The van der Waals surface area contributed by atoms with Crippen LogP contribution in [0.1, 0.15) is 51.9 Å². The van der Waals surface area contributed by atoms with Gasteiger partial charge in [0.05, 0.1) is 12.0 Å². The molecule has 0 heterocycles. The largest absolute Gasteiger partial charge is 0.481 e. The number of carboxylic acids is 1. The number of carbonyl (C=O) groups is 2. The molecule has 0 spiro atoms. The molecular weight excluding hydrogens is 232 g/mol. The van der Waals surface area contributed by atoms with Gasteiger partial charge >= 0.3 is 5.97 Å². The maximum Gasteiger partial charge on any atom is 0.308 e. The summed E-state index contributed by atoms with van der Waals surface area (Å²) in [6, 6.07) is -0.784. The quantitative estimate of drug-likeness (QED) is 0.646. The fourth-order valence-corrected chi connectivity index (χ4v) is 2.51. The molecule has 0 aromatic rings. The molecule has 1 fully saturated rings. The zero-order chi connectivity index (χ0) is 13.5. The number of aliphatic carboxylic acids is 1. The van der Waals surface area contributed by atoms with Gasteiger partial charge in [0.25, 0.3) is 0 Å². The Morgan fingerprint density at radius 3 is 2.61 bits per heavy atom. The first-order valence-corrected chi connectivity index (χ1v) is 6.85. The molecule has 1 aliphatic carbocycles. The van der Waals surface area contributed by atoms with Crippen molar-refractivity contribution in [3.05, 3.63) is 0 Å². The van der Waals surface area contributed by atoms with Gasteiger partial charge in [0, 0.05) is 6.04 Å². The fourth-order valence-electron chi connectivity index (χ4n) is 2.51. The SMILES string of the molecule is CCCC(N)C(=O)NC1CCCCCC1C(=O)O. The van der Waals surface area contributed by atoms with Crippen LogP contribution >= 0.6 is 0 Å². The molecule has 0 aromatic carbocycles. The Labute approximate surface area is 108 Å². The highest BCUT2D eigenvalue weighted by Crippen LogP contribution is 2.23. The monoisotopic (exact) mass is 256 g/mol. The van der Waals surface area contributed by atoms with Gasteiger partial charge in [-0.1, -0.05) is 32.6 Å². The summed E-state index contributed by atoms with van der Waals surface area (Å²) in [6.07, 6.45) is 5.79. The number of amides is 1. The van der Waals surface area contributed by atoms with E-state index in [0.29, 0.717) is 12.8 Å². The minimum absolute atomic E-state index is 0.213. The van der Waals surface area contributed by atoms with Gasteiger partial charge in [-0.05, 0) is 19.3 Å². The second-order valence-electron chi connectivity index (χ2n) is 5.09. The van der Waals surface area contributed by atoms with Gasteiger partial charge in [-0.3, -0.25) is 9.59 Å². The number of carboxylic acid groups (broad SMARTS) is 1. The molecule has 104 valence electrons. The van der Waals surface area contributed by atoms with Crippen LogP contribution in [0.2, 0.25) is 0 Å². The summed E-state index contributed by atoms with van der Waals surface area (Å²) in [4.78, 5) is 23.1. The van der Waals surface area contributed by atoms with Gasteiger partial charge in [0.2, 0.25) is 5.91 Å². The Kier molecular flexibility index (Phi) is 6.12. The molecule has 3 unspecified atom stereocenters. The van der Waals surface area contributed by atoms with Crippen LogP contribution in [0.25, 0.3) is 0 Å². The van der Waals surface area contributed by atoms with E-state index in [1.165, 1.54) is 0 Å². The third-order valence-electron chi connectivity index (χ3n) is 3.60. The van der Waals surface area contributed by atoms with Crippen molar-refractivity contribution >= 4 is 11.9 Å². The van der Waals surface area contributed by atoms with Crippen molar-refractivity contribution < 1.29 is 14.7 Å². The van der Waals surface area contributed by atoms with Crippen LogP contribution in [0.3, 0.4) is 0 Å². The van der Waals surface area contributed by atoms with E-state index in [0.717, 1.165) is 32.1 Å². The van der Waals surface area contributed by atoms with Gasteiger partial charge in [0.1, 0.15) is 0 Å². The molecule has 0 saturated heterocycles. The van der Waals surface area contributed by atoms with Gasteiger partial charge in [-0.15, -0.1) is 0 Å². The van der Waals surface area contributed by atoms with Crippen LogP contribution in [0.15, 0.2) is 0 Å². The molecule has 4 N–H and O–H groups in total. The van der Waals surface area contributed by atoms with Crippen molar-refractivity contribution in [3.63, 3.8) is 0 Å². The molecule has 1 saturated carbocycles. The lowest BCUT2D eigenvalue weighted by Crippen LogP contribution is -2.49. The summed E-state index contributed by atoms with van der Waals surface area (Å²) in [7, 11) is 0. The lowest BCUT2D eigenvalue weighted by Gasteiger charge is -2.24. The Balaban J connectivity index is 2.60. The molecule has 1 amide bonds. The predicted molar refractivity (Wildman–Crippen MR) is 69.0 cm³/mol. The Hall–Kier alpha value is -1.10. The van der Waals surface area contributed by atoms with Crippen molar-refractivity contribution in [1.29, 1.82) is 0 Å². The fraction of sp³-hybridized carbons (Fsp3) is 0.846. The van der Waals surface area contributed by atoms with Crippen LogP contribution in [0.4, 0.5) is 0 Å². The first-order chi connectivity index (χ1) is 8.56. The molecular formula is C13H24N2O3. The van der Waals surface area contributed by atoms with E-state index in [1.54, 1.807) is 0 Å². The maximum atomic E-state index is 11.9. The van der Waals surface area contributed by atoms with Crippen molar-refractivity contribution in [3.8, 4) is 0 Å². The number of nitrogens with two attached hydrogens (primary N) is 1. The predicted octanol–water partition coefficient (Wildman–Crippen LogP) is 1.26. The van der Waals surface area contributed by atoms with Crippen molar-refractivity contribution in [2.75, 3.05) is 0 Å². The standard InChI is InChI=1S/C13H24N2O3/c1-2-6-10(14)12(16)15-11-8-5-3-4-7-9(11)13(17)18/h9-11H,2-8,14H2,1H3,(H,15,16)(H,17,18). The third-order valence-corrected chi connectivity index (χ3v) is 3.60. The van der Waals surface area contributed by atoms with Gasteiger partial charge < -0.3 is 16.2 Å². The topological polar surface area (TPSA) is 92.4 Å². The average Bonchev–Trinajstić information content (AvgIpc) is 2.54. The minimum atomic E-state index is -0.814. The van der Waals surface area contributed by atoms with Crippen LogP contribution < -0.4 is 11.1 Å². The van der Waals surface area contributed by atoms with Crippen LogP contribution in [-0.2, 0) is 9.59 Å². The normalized spacial score (nSPS) is 26.1. The summed E-state index contributed by atoms with van der Waals surface area (Å²) in [6.45, 7) is 1.97. The summed E-state index contributed by atoms with van der Waals surface area (Å²) >= 11 is 0. The van der Waals surface area contributed by atoms with E-state index in [4.69, 9.17) is 5.73 Å². The Morgan fingerprint density at radius 1 is 1.33 bits per heavy atom. The van der Waals surface area contributed by atoms with Crippen LogP contribution in [-0.4, -0.2) is 29.1 Å². The maximum absolute atomic E-state index is 11.9. The van der Waals surface area contributed by atoms with E-state index < -0.39 is 17.9 Å². The lowest BCUT2D eigenvalue weighted by atomic mass is 9.94. The molecule has 1 rings (SSSR count). The molecule has 0 aliphatic heterocycles. The van der Waals surface area contributed by atoms with E-state index in [2.05, 4.69) is 5.32 Å². The number of hydrogen-bond donors (Lipinski definition) is 3. The van der Waals surface area contributed by atoms with Gasteiger partial charge in [-0.25, -0.2) is 0 Å². The zero-order valence-electron chi connectivity index (χ0n) is 11.0. The van der Waals surface area contributed by atoms with E-state index in [9.17, 15) is 14.7 Å². The number of rotatable bonds is 5. The average molecular weight is 256 g/mol. The van der Waals surface area contributed by atoms with Gasteiger partial charge in [-0.2, -0.15) is 0 Å². The van der Waals surface area contributed by atoms with Crippen LogP contribution in [0.5, 0.6) is 0 Å². The second kappa shape index (κ2) is 7.36. The Bertz CT molecular complexity index is 294. The molecule has 3 atom stereocenters. The number of carbonyl (C=O) groups excluding carboxylic acids is 1. The smallest absolute Gasteiger partial charge is 0.308 e. The highest BCUT2D eigenvalue weighted by molar-refractivity contribution is 5.82. The van der Waals surface area contributed by atoms with Crippen molar-refractivity contribution in [2.24, 2.45) is 11.7 Å². The van der Waals surface area contributed by atoms with E-state index in [1.807, 2.05) is 6.92 Å². The molecule has 18 heavy (non-hydrogen) atoms. The number of hydrogen-bond acceptors (Lipinski definition) is 3. The zero-order valence-corrected chi connectivity index (χ0v) is 11.0. The molecule has 0 radical (unpaired) electrons. The first kappa shape index (κ1) is 15.0. The van der Waals surface area contributed by atoms with Crippen LogP contribution in [0, 0.1) is 5.92 Å². The van der Waals surface area contributed by atoms with Crippen molar-refractivity contribution in [1.82, 2.24) is 5.32 Å². The molecule has 1 aliphatic rings. The highest BCUT2D eigenvalue weighted by Gasteiger charge is 2.31. The van der Waals surface area contributed by atoms with E-state index in [-0.39, 0.29) is 11.9 Å². The Morgan fingerprint density at radius 2 is 2.00 bits per heavy atom. The highest BCUT2D eigenvalue weighted by atomic mass is 16.4. The summed E-state index contributed by atoms with van der Waals surface area (Å²) < 4.78 is 0.